The highest BCUT2D eigenvalue weighted by molar-refractivity contribution is 5.77. The second-order valence-corrected chi connectivity index (χ2v) is 9.22. The highest BCUT2D eigenvalue weighted by Crippen LogP contribution is 2.40. The van der Waals surface area contributed by atoms with Gasteiger partial charge < -0.3 is 15.8 Å². The number of aromatic nitrogens is 6. The normalized spacial score (nSPS) is 15.4. The van der Waals surface area contributed by atoms with Crippen molar-refractivity contribution in [3.05, 3.63) is 72.6 Å². The predicted octanol–water partition coefficient (Wildman–Crippen LogP) is 4.25. The summed E-state index contributed by atoms with van der Waals surface area (Å²) in [5.41, 5.74) is 7.46. The number of piperidine rings is 1. The van der Waals surface area contributed by atoms with Gasteiger partial charge in [0.1, 0.15) is 35.2 Å². The average molecular weight is 524 g/mol. The Hall–Kier alpha value is -4.23. The van der Waals surface area contributed by atoms with Gasteiger partial charge in [-0.1, -0.05) is 0 Å². The van der Waals surface area contributed by atoms with Gasteiger partial charge in [0.15, 0.2) is 11.5 Å². The molecule has 1 aliphatic heterocycles. The first-order valence-electron chi connectivity index (χ1n) is 12.1. The van der Waals surface area contributed by atoms with Crippen molar-refractivity contribution in [1.82, 2.24) is 34.1 Å². The molecule has 6 rings (SSSR count). The summed E-state index contributed by atoms with van der Waals surface area (Å²) in [6, 6.07) is 9.03. The first-order chi connectivity index (χ1) is 18.3. The molecular formula is C25H24F3N9O. The number of pyridine rings is 1. The van der Waals surface area contributed by atoms with Gasteiger partial charge >= 0.3 is 6.18 Å². The lowest BCUT2D eigenvalue weighted by Crippen LogP contribution is -2.39. The fraction of sp³-hybridized carbons (Fsp3) is 0.280. The second kappa shape index (κ2) is 9.58. The Morgan fingerprint density at radius 1 is 0.974 bits per heavy atom. The molecule has 0 bridgehead atoms. The summed E-state index contributed by atoms with van der Waals surface area (Å²) in [5, 5.41) is 11.3. The van der Waals surface area contributed by atoms with E-state index in [0.29, 0.717) is 23.5 Å². The van der Waals surface area contributed by atoms with Gasteiger partial charge in [-0.15, -0.1) is 0 Å². The van der Waals surface area contributed by atoms with Crippen LogP contribution in [0.2, 0.25) is 0 Å². The molecule has 4 aromatic heterocycles. The minimum Gasteiger partial charge on any atom is -0.457 e. The molecule has 1 aromatic carbocycles. The number of rotatable bonds is 6. The Balaban J connectivity index is 1.29. The van der Waals surface area contributed by atoms with Gasteiger partial charge in [-0.25, -0.2) is 19.0 Å². The highest BCUT2D eigenvalue weighted by Gasteiger charge is 2.35. The molecule has 0 unspecified atom stereocenters. The van der Waals surface area contributed by atoms with Crippen molar-refractivity contribution in [1.29, 1.82) is 0 Å². The standard InChI is InChI=1S/C25H24F3N9O/c26-25(27,28)20-11-18(1-2-21(20)38-19-6-10-36-22(12-19)30-14-32-36)34-24-23-16(3-9-37(23)33-15-31-24)13-35-7-4-17(29)5-8-35/h1-3,6,9-12,14-15,17H,4-5,7-8,13,29H2,(H,31,33,34). The summed E-state index contributed by atoms with van der Waals surface area (Å²) in [4.78, 5) is 10.7. The summed E-state index contributed by atoms with van der Waals surface area (Å²) < 4.78 is 50.9. The Labute approximate surface area is 214 Å². The number of nitrogens with two attached hydrogens (primary N) is 1. The number of halogens is 3. The van der Waals surface area contributed by atoms with Crippen LogP contribution in [-0.4, -0.2) is 53.2 Å². The molecule has 0 aliphatic carbocycles. The molecule has 1 aliphatic rings. The summed E-state index contributed by atoms with van der Waals surface area (Å²) in [6.45, 7) is 2.44. The van der Waals surface area contributed by atoms with Crippen LogP contribution in [0.15, 0.2) is 61.4 Å². The third kappa shape index (κ3) is 4.85. The minimum absolute atomic E-state index is 0.214. The number of ether oxygens (including phenoxy) is 1. The van der Waals surface area contributed by atoms with Crippen LogP contribution in [0, 0.1) is 0 Å². The number of nitrogens with one attached hydrogen (secondary N) is 1. The van der Waals surface area contributed by atoms with E-state index in [-0.39, 0.29) is 23.2 Å². The highest BCUT2D eigenvalue weighted by atomic mass is 19.4. The lowest BCUT2D eigenvalue weighted by molar-refractivity contribution is -0.138. The quantitative estimate of drug-likeness (QED) is 0.340. The van der Waals surface area contributed by atoms with E-state index in [2.05, 4.69) is 30.4 Å². The van der Waals surface area contributed by atoms with Gasteiger partial charge in [-0.2, -0.15) is 23.4 Å². The monoisotopic (exact) mass is 523 g/mol. The zero-order valence-corrected chi connectivity index (χ0v) is 20.1. The van der Waals surface area contributed by atoms with Gasteiger partial charge in [0.05, 0.1) is 0 Å². The molecule has 0 amide bonds. The number of benzene rings is 1. The van der Waals surface area contributed by atoms with Gasteiger partial charge in [0.25, 0.3) is 0 Å². The summed E-state index contributed by atoms with van der Waals surface area (Å²) in [7, 11) is 0. The Morgan fingerprint density at radius 3 is 2.55 bits per heavy atom. The fourth-order valence-electron chi connectivity index (χ4n) is 4.63. The molecule has 3 N–H and O–H groups in total. The SMILES string of the molecule is NC1CCN(Cc2ccn3ncnc(Nc4ccc(Oc5ccn6ncnc6c5)c(C(F)(F)F)c4)c23)CC1. The summed E-state index contributed by atoms with van der Waals surface area (Å²) in [5.74, 6) is 0.296. The van der Waals surface area contributed by atoms with Crippen LogP contribution >= 0.6 is 0 Å². The van der Waals surface area contributed by atoms with Gasteiger partial charge in [-0.3, -0.25) is 4.90 Å². The molecule has 0 radical (unpaired) electrons. The number of likely N-dealkylation sites (tertiary alicyclic amines) is 1. The maximum Gasteiger partial charge on any atom is 0.420 e. The van der Waals surface area contributed by atoms with Crippen LogP contribution in [0.3, 0.4) is 0 Å². The van der Waals surface area contributed by atoms with Crippen LogP contribution in [0.1, 0.15) is 24.0 Å². The molecule has 10 nitrogen and oxygen atoms in total. The maximum atomic E-state index is 14.1. The van der Waals surface area contributed by atoms with E-state index in [9.17, 15) is 13.2 Å². The average Bonchev–Trinajstić information content (AvgIpc) is 3.53. The van der Waals surface area contributed by atoms with Crippen molar-refractivity contribution >= 4 is 22.7 Å². The number of hydrogen-bond acceptors (Lipinski definition) is 8. The molecule has 13 heteroatoms. The van der Waals surface area contributed by atoms with Gasteiger partial charge in [0.2, 0.25) is 0 Å². The molecule has 0 saturated carbocycles. The summed E-state index contributed by atoms with van der Waals surface area (Å²) in [6.07, 6.45) is 3.29. The number of alkyl halides is 3. The number of fused-ring (bicyclic) bond motifs is 2. The van der Waals surface area contributed by atoms with E-state index >= 15 is 0 Å². The second-order valence-electron chi connectivity index (χ2n) is 9.22. The van der Waals surface area contributed by atoms with Crippen molar-refractivity contribution in [3.63, 3.8) is 0 Å². The molecule has 0 atom stereocenters. The summed E-state index contributed by atoms with van der Waals surface area (Å²) >= 11 is 0. The third-order valence-electron chi connectivity index (χ3n) is 6.59. The van der Waals surface area contributed by atoms with Gasteiger partial charge in [0, 0.05) is 36.7 Å². The fourth-order valence-corrected chi connectivity index (χ4v) is 4.63. The molecule has 1 saturated heterocycles. The molecule has 1 fully saturated rings. The van der Waals surface area contributed by atoms with E-state index in [0.717, 1.165) is 37.6 Å². The lowest BCUT2D eigenvalue weighted by atomic mass is 10.1. The van der Waals surface area contributed by atoms with Crippen LogP contribution in [-0.2, 0) is 12.7 Å². The molecule has 5 heterocycles. The van der Waals surface area contributed by atoms with E-state index in [4.69, 9.17) is 10.5 Å². The molecule has 0 spiro atoms. The van der Waals surface area contributed by atoms with E-state index in [1.807, 2.05) is 12.3 Å². The zero-order chi connectivity index (χ0) is 26.3. The van der Waals surface area contributed by atoms with Gasteiger partial charge in [-0.05, 0) is 61.8 Å². The number of anilines is 2. The van der Waals surface area contributed by atoms with Crippen molar-refractivity contribution in [2.75, 3.05) is 18.4 Å². The molecule has 5 aromatic rings. The number of nitrogens with zero attached hydrogens (tertiary/aromatic N) is 7. The Kier molecular flexibility index (Phi) is 6.08. The molecule has 38 heavy (non-hydrogen) atoms. The Morgan fingerprint density at radius 2 is 1.74 bits per heavy atom. The van der Waals surface area contributed by atoms with Crippen molar-refractivity contribution in [2.45, 2.75) is 31.6 Å². The topological polar surface area (TPSA) is 111 Å². The first kappa shape index (κ1) is 24.1. The molecule has 196 valence electrons. The van der Waals surface area contributed by atoms with E-state index in [1.54, 1.807) is 10.7 Å². The Bertz CT molecular complexity index is 1590. The van der Waals surface area contributed by atoms with Crippen LogP contribution in [0.5, 0.6) is 11.5 Å². The molecular weight excluding hydrogens is 499 g/mol. The zero-order valence-electron chi connectivity index (χ0n) is 20.1. The van der Waals surface area contributed by atoms with Crippen molar-refractivity contribution < 1.29 is 17.9 Å². The smallest absolute Gasteiger partial charge is 0.420 e. The minimum atomic E-state index is -4.65. The van der Waals surface area contributed by atoms with Crippen molar-refractivity contribution in [2.24, 2.45) is 5.73 Å². The van der Waals surface area contributed by atoms with Crippen LogP contribution in [0.4, 0.5) is 24.7 Å². The largest absolute Gasteiger partial charge is 0.457 e. The van der Waals surface area contributed by atoms with E-state index < -0.39 is 11.7 Å². The van der Waals surface area contributed by atoms with E-state index in [1.165, 1.54) is 41.4 Å². The number of hydrogen-bond donors (Lipinski definition) is 2. The third-order valence-corrected chi connectivity index (χ3v) is 6.59. The lowest BCUT2D eigenvalue weighted by Gasteiger charge is -2.29. The van der Waals surface area contributed by atoms with Crippen LogP contribution in [0.25, 0.3) is 11.2 Å². The first-order valence-corrected chi connectivity index (χ1v) is 12.1. The van der Waals surface area contributed by atoms with Crippen molar-refractivity contribution in [3.8, 4) is 11.5 Å². The predicted molar refractivity (Wildman–Crippen MR) is 133 cm³/mol. The van der Waals surface area contributed by atoms with Crippen LogP contribution < -0.4 is 15.8 Å². The maximum absolute atomic E-state index is 14.1.